The van der Waals surface area contributed by atoms with Crippen LogP contribution in [0.25, 0.3) is 0 Å². The third kappa shape index (κ3) is 0.655. The van der Waals surface area contributed by atoms with Gasteiger partial charge in [-0.2, -0.15) is 0 Å². The van der Waals surface area contributed by atoms with Crippen molar-refractivity contribution in [3.63, 3.8) is 0 Å². The Balaban J connectivity index is 2.03. The summed E-state index contributed by atoms with van der Waals surface area (Å²) in [5, 5.41) is 3.51. The minimum absolute atomic E-state index is 0.911. The third-order valence-corrected chi connectivity index (χ3v) is 2.53. The van der Waals surface area contributed by atoms with Crippen molar-refractivity contribution in [2.75, 3.05) is 6.54 Å². The number of hydrogen-bond donors (Lipinski definition) is 1. The summed E-state index contributed by atoms with van der Waals surface area (Å²) >= 11 is 0. The second-order valence-electron chi connectivity index (χ2n) is 3.12. The fraction of sp³-hybridized carbons (Fsp3) is 1.00. The second-order valence-corrected chi connectivity index (χ2v) is 3.12. The van der Waals surface area contributed by atoms with Crippen LogP contribution < -0.4 is 5.32 Å². The summed E-state index contributed by atoms with van der Waals surface area (Å²) in [7, 11) is 0. The minimum atomic E-state index is 0.911. The highest BCUT2D eigenvalue weighted by atomic mass is 14.9. The van der Waals surface area contributed by atoms with Gasteiger partial charge >= 0.3 is 0 Å². The number of hydrogen-bond acceptors (Lipinski definition) is 1. The molecule has 46 valence electrons. The highest BCUT2D eigenvalue weighted by Gasteiger charge is 2.27. The van der Waals surface area contributed by atoms with Gasteiger partial charge in [-0.05, 0) is 38.1 Å². The van der Waals surface area contributed by atoms with E-state index in [9.17, 15) is 0 Å². The van der Waals surface area contributed by atoms with E-state index in [1.807, 2.05) is 0 Å². The van der Waals surface area contributed by atoms with Gasteiger partial charge in [0, 0.05) is 6.04 Å². The van der Waals surface area contributed by atoms with E-state index in [2.05, 4.69) is 5.32 Å². The molecule has 1 aliphatic carbocycles. The normalized spacial score (nSPS) is 45.0. The first-order valence-corrected chi connectivity index (χ1v) is 3.68. The molecule has 1 heteroatoms. The van der Waals surface area contributed by atoms with Gasteiger partial charge in [0.15, 0.2) is 0 Å². The highest BCUT2D eigenvalue weighted by molar-refractivity contribution is 4.85. The van der Waals surface area contributed by atoms with Crippen LogP contribution in [0.5, 0.6) is 0 Å². The van der Waals surface area contributed by atoms with Crippen LogP contribution in [0, 0.1) is 5.92 Å². The summed E-state index contributed by atoms with van der Waals surface area (Å²) in [5.41, 5.74) is 0. The fourth-order valence-corrected chi connectivity index (χ4v) is 2.01. The van der Waals surface area contributed by atoms with E-state index in [1.54, 1.807) is 0 Å². The molecule has 2 aliphatic rings. The van der Waals surface area contributed by atoms with Gasteiger partial charge in [0.1, 0.15) is 0 Å². The standard InChI is InChI=1S/C7H13N/c1-2-7-5-6(1)3-4-8-7/h6-8H,1-5H2/t6-,7-/m1/s1. The fourth-order valence-electron chi connectivity index (χ4n) is 2.01. The monoisotopic (exact) mass is 111 g/mol. The molecule has 1 N–H and O–H groups in total. The molecule has 0 aromatic carbocycles. The zero-order chi connectivity index (χ0) is 5.40. The van der Waals surface area contributed by atoms with Crippen LogP contribution >= 0.6 is 0 Å². The van der Waals surface area contributed by atoms with E-state index in [-0.39, 0.29) is 0 Å². The molecule has 0 amide bonds. The molecular formula is C7H13N. The van der Waals surface area contributed by atoms with Crippen LogP contribution in [0.4, 0.5) is 0 Å². The first-order chi connectivity index (χ1) is 3.95. The zero-order valence-corrected chi connectivity index (χ0v) is 5.19. The van der Waals surface area contributed by atoms with E-state index in [4.69, 9.17) is 0 Å². The van der Waals surface area contributed by atoms with E-state index >= 15 is 0 Å². The van der Waals surface area contributed by atoms with Gasteiger partial charge in [-0.25, -0.2) is 0 Å². The predicted octanol–water partition coefficient (Wildman–Crippen LogP) is 1.15. The molecule has 8 heavy (non-hydrogen) atoms. The predicted molar refractivity (Wildman–Crippen MR) is 33.7 cm³/mol. The lowest BCUT2D eigenvalue weighted by Gasteiger charge is -2.19. The van der Waals surface area contributed by atoms with Gasteiger partial charge < -0.3 is 5.32 Å². The summed E-state index contributed by atoms with van der Waals surface area (Å²) in [5.74, 6) is 1.10. The van der Waals surface area contributed by atoms with E-state index in [1.165, 1.54) is 32.2 Å². The Morgan fingerprint density at radius 3 is 2.88 bits per heavy atom. The topological polar surface area (TPSA) is 12.0 Å². The van der Waals surface area contributed by atoms with E-state index < -0.39 is 0 Å². The molecule has 1 saturated carbocycles. The molecule has 0 spiro atoms. The summed E-state index contributed by atoms with van der Waals surface area (Å²) < 4.78 is 0. The molecule has 1 aliphatic heterocycles. The van der Waals surface area contributed by atoms with Gasteiger partial charge in [-0.1, -0.05) is 0 Å². The molecule has 0 radical (unpaired) electrons. The molecule has 1 heterocycles. The van der Waals surface area contributed by atoms with Crippen LogP contribution in [-0.2, 0) is 0 Å². The molecular weight excluding hydrogens is 98.1 g/mol. The van der Waals surface area contributed by atoms with Gasteiger partial charge in [-0.15, -0.1) is 0 Å². The summed E-state index contributed by atoms with van der Waals surface area (Å²) in [6, 6.07) is 0.911. The van der Waals surface area contributed by atoms with Crippen molar-refractivity contribution in [2.45, 2.75) is 31.7 Å². The smallest absolute Gasteiger partial charge is 0.00698 e. The number of nitrogens with one attached hydrogen (secondary N) is 1. The largest absolute Gasteiger partial charge is 0.314 e. The highest BCUT2D eigenvalue weighted by Crippen LogP contribution is 2.30. The SMILES string of the molecule is C1C[C@H]2CC[C@H](C2)N1. The number of fused-ring (bicyclic) bond motifs is 2. The van der Waals surface area contributed by atoms with Gasteiger partial charge in [0.25, 0.3) is 0 Å². The Kier molecular flexibility index (Phi) is 1.04. The summed E-state index contributed by atoms with van der Waals surface area (Å²) in [4.78, 5) is 0. The van der Waals surface area contributed by atoms with Gasteiger partial charge in [0.05, 0.1) is 0 Å². The maximum Gasteiger partial charge on any atom is 0.00698 e. The van der Waals surface area contributed by atoms with Crippen molar-refractivity contribution in [1.82, 2.24) is 5.32 Å². The molecule has 0 unspecified atom stereocenters. The van der Waals surface area contributed by atoms with Crippen molar-refractivity contribution < 1.29 is 0 Å². The number of rotatable bonds is 0. The van der Waals surface area contributed by atoms with Crippen molar-refractivity contribution in [3.05, 3.63) is 0 Å². The average Bonchev–Trinajstić information content (AvgIpc) is 2.12. The quantitative estimate of drug-likeness (QED) is 0.494. The number of piperidine rings is 1. The van der Waals surface area contributed by atoms with E-state index in [0.29, 0.717) is 0 Å². The molecule has 1 nitrogen and oxygen atoms in total. The Morgan fingerprint density at radius 1 is 1.12 bits per heavy atom. The van der Waals surface area contributed by atoms with Crippen LogP contribution in [-0.4, -0.2) is 12.6 Å². The van der Waals surface area contributed by atoms with E-state index in [0.717, 1.165) is 12.0 Å². The average molecular weight is 111 g/mol. The van der Waals surface area contributed by atoms with Gasteiger partial charge in [-0.3, -0.25) is 0 Å². The van der Waals surface area contributed by atoms with Crippen LogP contribution in [0.1, 0.15) is 25.7 Å². The molecule has 0 aromatic rings. The Hall–Kier alpha value is -0.0400. The molecule has 2 fully saturated rings. The molecule has 2 rings (SSSR count). The Bertz CT molecular complexity index is 76.4. The van der Waals surface area contributed by atoms with Crippen LogP contribution in [0.3, 0.4) is 0 Å². The minimum Gasteiger partial charge on any atom is -0.314 e. The van der Waals surface area contributed by atoms with Crippen LogP contribution in [0.2, 0.25) is 0 Å². The summed E-state index contributed by atoms with van der Waals surface area (Å²) in [6.45, 7) is 1.29. The maximum atomic E-state index is 3.51. The van der Waals surface area contributed by atoms with Gasteiger partial charge in [0.2, 0.25) is 0 Å². The molecule has 0 aromatic heterocycles. The van der Waals surface area contributed by atoms with Crippen molar-refractivity contribution >= 4 is 0 Å². The Morgan fingerprint density at radius 2 is 2.12 bits per heavy atom. The second kappa shape index (κ2) is 1.73. The first-order valence-electron chi connectivity index (χ1n) is 3.68. The third-order valence-electron chi connectivity index (χ3n) is 2.53. The molecule has 2 atom stereocenters. The first kappa shape index (κ1) is 4.80. The lowest BCUT2D eigenvalue weighted by Crippen LogP contribution is -2.31. The molecule has 1 saturated heterocycles. The molecule has 2 bridgehead atoms. The van der Waals surface area contributed by atoms with Crippen molar-refractivity contribution in [1.29, 1.82) is 0 Å². The van der Waals surface area contributed by atoms with Crippen molar-refractivity contribution in [3.8, 4) is 0 Å². The maximum absolute atomic E-state index is 3.51. The van der Waals surface area contributed by atoms with Crippen molar-refractivity contribution in [2.24, 2.45) is 5.92 Å². The zero-order valence-electron chi connectivity index (χ0n) is 5.19. The summed E-state index contributed by atoms with van der Waals surface area (Å²) in [6.07, 6.45) is 5.86. The lowest BCUT2D eigenvalue weighted by atomic mass is 10.0. The Labute approximate surface area is 50.5 Å². The van der Waals surface area contributed by atoms with Crippen LogP contribution in [0.15, 0.2) is 0 Å². The lowest BCUT2D eigenvalue weighted by molar-refractivity contribution is 0.391.